The molecule has 3 heteroatoms. The molecule has 0 aliphatic carbocycles. The Morgan fingerprint density at radius 2 is 1.76 bits per heavy atom. The number of fused-ring (bicyclic) bond motifs is 1. The van der Waals surface area contributed by atoms with Gasteiger partial charge in [-0.2, -0.15) is 0 Å². The van der Waals surface area contributed by atoms with Gasteiger partial charge in [0.1, 0.15) is 6.33 Å². The zero-order valence-corrected chi connectivity index (χ0v) is 9.72. The summed E-state index contributed by atoms with van der Waals surface area (Å²) < 4.78 is 0. The summed E-state index contributed by atoms with van der Waals surface area (Å²) in [7, 11) is 0. The van der Waals surface area contributed by atoms with Gasteiger partial charge in [0.2, 0.25) is 0 Å². The fourth-order valence-corrected chi connectivity index (χ4v) is 2.06. The molecule has 0 radical (unpaired) electrons. The highest BCUT2D eigenvalue weighted by molar-refractivity contribution is 6.30. The van der Waals surface area contributed by atoms with Crippen LogP contribution in [0.3, 0.4) is 0 Å². The predicted octanol–water partition coefficient (Wildman–Crippen LogP) is 3.95. The first-order chi connectivity index (χ1) is 8.34. The van der Waals surface area contributed by atoms with Crippen molar-refractivity contribution >= 4 is 22.5 Å². The van der Waals surface area contributed by atoms with Gasteiger partial charge >= 0.3 is 0 Å². The van der Waals surface area contributed by atoms with Crippen LogP contribution in [0.2, 0.25) is 5.02 Å². The molecule has 1 heterocycles. The van der Waals surface area contributed by atoms with Gasteiger partial charge < -0.3 is 0 Å². The van der Waals surface area contributed by atoms with E-state index in [1.807, 2.05) is 48.5 Å². The van der Waals surface area contributed by atoms with Crippen molar-refractivity contribution in [3.63, 3.8) is 0 Å². The summed E-state index contributed by atoms with van der Waals surface area (Å²) >= 11 is 6.00. The summed E-state index contributed by atoms with van der Waals surface area (Å²) in [6, 6.07) is 15.6. The number of halogens is 1. The molecule has 2 aromatic carbocycles. The van der Waals surface area contributed by atoms with E-state index in [-0.39, 0.29) is 0 Å². The van der Waals surface area contributed by atoms with E-state index < -0.39 is 0 Å². The normalized spacial score (nSPS) is 10.6. The summed E-state index contributed by atoms with van der Waals surface area (Å²) in [4.78, 5) is 8.59. The number of rotatable bonds is 1. The molecular weight excluding hydrogens is 232 g/mol. The molecule has 0 unspecified atom stereocenters. The minimum absolute atomic E-state index is 0.713. The van der Waals surface area contributed by atoms with E-state index in [1.165, 1.54) is 0 Å². The molecule has 0 atom stereocenters. The summed E-state index contributed by atoms with van der Waals surface area (Å²) in [5.41, 5.74) is 2.87. The average Bonchev–Trinajstić information content (AvgIpc) is 2.38. The summed E-state index contributed by atoms with van der Waals surface area (Å²) in [6.07, 6.45) is 1.58. The highest BCUT2D eigenvalue weighted by Crippen LogP contribution is 2.26. The number of aromatic nitrogens is 2. The molecule has 82 valence electrons. The van der Waals surface area contributed by atoms with Crippen molar-refractivity contribution in [3.05, 3.63) is 59.9 Å². The minimum Gasteiger partial charge on any atom is -0.236 e. The van der Waals surface area contributed by atoms with E-state index in [4.69, 9.17) is 11.6 Å². The highest BCUT2D eigenvalue weighted by Gasteiger charge is 2.05. The number of nitrogens with zero attached hydrogens (tertiary/aromatic N) is 2. The van der Waals surface area contributed by atoms with Crippen LogP contribution < -0.4 is 0 Å². The lowest BCUT2D eigenvalue weighted by atomic mass is 10.1. The van der Waals surface area contributed by atoms with E-state index >= 15 is 0 Å². The van der Waals surface area contributed by atoms with Gasteiger partial charge in [-0.05, 0) is 18.2 Å². The Morgan fingerprint density at radius 3 is 2.65 bits per heavy atom. The van der Waals surface area contributed by atoms with E-state index in [9.17, 15) is 0 Å². The lowest BCUT2D eigenvalue weighted by Gasteiger charge is -2.05. The Morgan fingerprint density at radius 1 is 0.882 bits per heavy atom. The second kappa shape index (κ2) is 4.15. The average molecular weight is 241 g/mol. The Kier molecular flexibility index (Phi) is 2.50. The van der Waals surface area contributed by atoms with Crippen LogP contribution in [0.15, 0.2) is 54.9 Å². The van der Waals surface area contributed by atoms with Gasteiger partial charge in [-0.1, -0.05) is 41.9 Å². The number of hydrogen-bond acceptors (Lipinski definition) is 2. The molecule has 3 rings (SSSR count). The quantitative estimate of drug-likeness (QED) is 0.644. The monoisotopic (exact) mass is 240 g/mol. The SMILES string of the molecule is Clc1cccc(-c2ncnc3ccccc23)c1. The van der Waals surface area contributed by atoms with Crippen LogP contribution in [0, 0.1) is 0 Å². The molecule has 0 aliphatic rings. The zero-order chi connectivity index (χ0) is 11.7. The van der Waals surface area contributed by atoms with Crippen molar-refractivity contribution in [1.82, 2.24) is 9.97 Å². The van der Waals surface area contributed by atoms with Crippen molar-refractivity contribution in [2.45, 2.75) is 0 Å². The third kappa shape index (κ3) is 1.87. The molecule has 17 heavy (non-hydrogen) atoms. The summed E-state index contributed by atoms with van der Waals surface area (Å²) in [5, 5.41) is 1.75. The van der Waals surface area contributed by atoms with Crippen molar-refractivity contribution in [3.8, 4) is 11.3 Å². The topological polar surface area (TPSA) is 25.8 Å². The second-order valence-corrected chi connectivity index (χ2v) is 4.19. The molecule has 0 N–H and O–H groups in total. The van der Waals surface area contributed by atoms with Gasteiger partial charge in [0, 0.05) is 16.0 Å². The number of hydrogen-bond donors (Lipinski definition) is 0. The van der Waals surface area contributed by atoms with Gasteiger partial charge in [-0.25, -0.2) is 9.97 Å². The lowest BCUT2D eigenvalue weighted by Crippen LogP contribution is -1.88. The minimum atomic E-state index is 0.713. The molecule has 0 fully saturated rings. The van der Waals surface area contributed by atoms with E-state index in [0.29, 0.717) is 5.02 Å². The molecule has 0 saturated heterocycles. The first kappa shape index (κ1) is 10.2. The molecule has 3 aromatic rings. The van der Waals surface area contributed by atoms with Gasteiger partial charge in [-0.15, -0.1) is 0 Å². The van der Waals surface area contributed by atoms with Crippen LogP contribution in [0.4, 0.5) is 0 Å². The summed E-state index contributed by atoms with van der Waals surface area (Å²) in [6.45, 7) is 0. The number of benzene rings is 2. The van der Waals surface area contributed by atoms with E-state index in [2.05, 4.69) is 9.97 Å². The van der Waals surface area contributed by atoms with E-state index in [1.54, 1.807) is 6.33 Å². The first-order valence-corrected chi connectivity index (χ1v) is 5.68. The standard InChI is InChI=1S/C14H9ClN2/c15-11-5-3-4-10(8-11)14-12-6-1-2-7-13(12)16-9-17-14/h1-9H. The second-order valence-electron chi connectivity index (χ2n) is 3.75. The molecule has 0 saturated carbocycles. The highest BCUT2D eigenvalue weighted by atomic mass is 35.5. The Bertz CT molecular complexity index is 674. The predicted molar refractivity (Wildman–Crippen MR) is 70.0 cm³/mol. The maximum Gasteiger partial charge on any atom is 0.116 e. The molecule has 0 spiro atoms. The van der Waals surface area contributed by atoms with Crippen LogP contribution in [0.25, 0.3) is 22.2 Å². The Hall–Kier alpha value is -1.93. The van der Waals surface area contributed by atoms with Gasteiger partial charge in [0.05, 0.1) is 11.2 Å². The third-order valence-corrected chi connectivity index (χ3v) is 2.88. The maximum absolute atomic E-state index is 6.00. The fraction of sp³-hybridized carbons (Fsp3) is 0. The van der Waals surface area contributed by atoms with Crippen molar-refractivity contribution in [2.75, 3.05) is 0 Å². The smallest absolute Gasteiger partial charge is 0.116 e. The lowest BCUT2D eigenvalue weighted by molar-refractivity contribution is 1.22. The van der Waals surface area contributed by atoms with Crippen LogP contribution >= 0.6 is 11.6 Å². The van der Waals surface area contributed by atoms with Crippen LogP contribution in [-0.4, -0.2) is 9.97 Å². The summed E-state index contributed by atoms with van der Waals surface area (Å²) in [5.74, 6) is 0. The zero-order valence-electron chi connectivity index (χ0n) is 8.97. The van der Waals surface area contributed by atoms with Crippen molar-refractivity contribution in [1.29, 1.82) is 0 Å². The molecule has 0 aliphatic heterocycles. The van der Waals surface area contributed by atoms with Crippen LogP contribution in [0.5, 0.6) is 0 Å². The fourth-order valence-electron chi connectivity index (χ4n) is 1.87. The Labute approximate surface area is 104 Å². The van der Waals surface area contributed by atoms with E-state index in [0.717, 1.165) is 22.2 Å². The van der Waals surface area contributed by atoms with Gasteiger partial charge in [0.25, 0.3) is 0 Å². The molecule has 0 amide bonds. The third-order valence-electron chi connectivity index (χ3n) is 2.64. The van der Waals surface area contributed by atoms with Crippen molar-refractivity contribution < 1.29 is 0 Å². The number of para-hydroxylation sites is 1. The molecular formula is C14H9ClN2. The first-order valence-electron chi connectivity index (χ1n) is 5.30. The molecule has 2 nitrogen and oxygen atoms in total. The molecule has 0 bridgehead atoms. The van der Waals surface area contributed by atoms with Gasteiger partial charge in [0.15, 0.2) is 0 Å². The largest absolute Gasteiger partial charge is 0.236 e. The van der Waals surface area contributed by atoms with Crippen LogP contribution in [-0.2, 0) is 0 Å². The van der Waals surface area contributed by atoms with Gasteiger partial charge in [-0.3, -0.25) is 0 Å². The maximum atomic E-state index is 6.00. The molecule has 1 aromatic heterocycles. The van der Waals surface area contributed by atoms with Crippen molar-refractivity contribution in [2.24, 2.45) is 0 Å². The van der Waals surface area contributed by atoms with Crippen LogP contribution in [0.1, 0.15) is 0 Å². The Balaban J connectivity index is 2.30.